The van der Waals surface area contributed by atoms with Crippen LogP contribution in [0.1, 0.15) is 56.3 Å². The number of hydrogen-bond donors (Lipinski definition) is 1. The van der Waals surface area contributed by atoms with Gasteiger partial charge in [0.1, 0.15) is 18.1 Å². The van der Waals surface area contributed by atoms with E-state index in [1.165, 1.54) is 11.1 Å². The standard InChI is InChI=1S/C29H32N6O2/c1-4-29(2,3)31-28(37)27(22-11-8-16-30-18-22)35(23-15-14-20-9-7-10-21(20)17-23)26(36)19-34-25-13-6-5-12-24(25)32-33-34/h5-6,8,11-18,27H,4,7,9-10,19H2,1-3H3,(H,31,37). The van der Waals surface area contributed by atoms with Crippen LogP contribution >= 0.6 is 0 Å². The van der Waals surface area contributed by atoms with Crippen molar-refractivity contribution in [2.24, 2.45) is 0 Å². The van der Waals surface area contributed by atoms with Crippen LogP contribution in [0.4, 0.5) is 5.69 Å². The fraction of sp³-hybridized carbons (Fsp3) is 0.345. The minimum Gasteiger partial charge on any atom is -0.349 e. The highest BCUT2D eigenvalue weighted by Gasteiger charge is 2.36. The molecule has 4 aromatic rings. The van der Waals surface area contributed by atoms with E-state index in [0.29, 0.717) is 16.8 Å². The number of para-hydroxylation sites is 1. The summed E-state index contributed by atoms with van der Waals surface area (Å²) in [5, 5.41) is 11.6. The molecule has 2 amide bonds. The number of carbonyl (C=O) groups excluding carboxylic acids is 2. The van der Waals surface area contributed by atoms with Gasteiger partial charge in [0.15, 0.2) is 0 Å². The predicted octanol–water partition coefficient (Wildman–Crippen LogP) is 4.39. The summed E-state index contributed by atoms with van der Waals surface area (Å²) in [5.74, 6) is -0.510. The lowest BCUT2D eigenvalue weighted by Crippen LogP contribution is -2.51. The van der Waals surface area contributed by atoms with Crippen molar-refractivity contribution >= 4 is 28.5 Å². The number of rotatable bonds is 8. The van der Waals surface area contributed by atoms with Crippen molar-refractivity contribution in [3.8, 4) is 0 Å². The number of hydrogen-bond acceptors (Lipinski definition) is 5. The van der Waals surface area contributed by atoms with Crippen molar-refractivity contribution < 1.29 is 9.59 Å². The summed E-state index contributed by atoms with van der Waals surface area (Å²) < 4.78 is 1.59. The largest absolute Gasteiger partial charge is 0.349 e. The number of amides is 2. The number of anilines is 1. The number of benzene rings is 2. The zero-order chi connectivity index (χ0) is 26.0. The minimum absolute atomic E-state index is 0.0567. The first-order chi connectivity index (χ1) is 17.9. The first-order valence-electron chi connectivity index (χ1n) is 12.8. The van der Waals surface area contributed by atoms with Gasteiger partial charge >= 0.3 is 0 Å². The smallest absolute Gasteiger partial charge is 0.249 e. The Hall–Kier alpha value is -4.07. The third-order valence-electron chi connectivity index (χ3n) is 7.19. The van der Waals surface area contributed by atoms with Gasteiger partial charge in [-0.15, -0.1) is 5.10 Å². The molecule has 0 spiro atoms. The molecule has 0 saturated carbocycles. The van der Waals surface area contributed by atoms with E-state index >= 15 is 0 Å². The number of pyridine rings is 1. The number of aromatic nitrogens is 4. The SMILES string of the molecule is CCC(C)(C)NC(=O)C(c1cccnc1)N(C(=O)Cn1nnc2ccccc21)c1ccc2c(c1)CCC2. The van der Waals surface area contributed by atoms with E-state index in [1.54, 1.807) is 28.0 Å². The first-order valence-corrected chi connectivity index (χ1v) is 12.8. The number of fused-ring (bicyclic) bond motifs is 2. The highest BCUT2D eigenvalue weighted by atomic mass is 16.2. The molecule has 37 heavy (non-hydrogen) atoms. The summed E-state index contributed by atoms with van der Waals surface area (Å²) in [6, 6.07) is 16.3. The lowest BCUT2D eigenvalue weighted by molar-refractivity contribution is -0.128. The molecule has 1 aliphatic carbocycles. The van der Waals surface area contributed by atoms with Crippen molar-refractivity contribution in [1.82, 2.24) is 25.3 Å². The molecular formula is C29H32N6O2. The Morgan fingerprint density at radius 2 is 1.89 bits per heavy atom. The first kappa shape index (κ1) is 24.6. The molecule has 1 atom stereocenters. The molecule has 0 bridgehead atoms. The minimum atomic E-state index is -0.902. The molecule has 190 valence electrons. The van der Waals surface area contributed by atoms with Gasteiger partial charge in [-0.25, -0.2) is 4.68 Å². The quantitative estimate of drug-likeness (QED) is 0.390. The Morgan fingerprint density at radius 1 is 1.08 bits per heavy atom. The number of nitrogens with zero attached hydrogens (tertiary/aromatic N) is 5. The van der Waals surface area contributed by atoms with Crippen LogP contribution in [-0.4, -0.2) is 37.3 Å². The van der Waals surface area contributed by atoms with Gasteiger partial charge in [0.2, 0.25) is 11.8 Å². The van der Waals surface area contributed by atoms with Crippen LogP contribution in [0.2, 0.25) is 0 Å². The van der Waals surface area contributed by atoms with Gasteiger partial charge in [-0.2, -0.15) is 0 Å². The highest BCUT2D eigenvalue weighted by Crippen LogP contribution is 2.33. The van der Waals surface area contributed by atoms with Gasteiger partial charge < -0.3 is 5.32 Å². The van der Waals surface area contributed by atoms with Crippen LogP contribution in [0.5, 0.6) is 0 Å². The summed E-state index contributed by atoms with van der Waals surface area (Å²) in [5.41, 5.74) is 4.89. The van der Waals surface area contributed by atoms with Gasteiger partial charge in [0, 0.05) is 29.2 Å². The molecule has 8 nitrogen and oxygen atoms in total. The molecule has 1 aliphatic rings. The lowest BCUT2D eigenvalue weighted by Gasteiger charge is -2.34. The second kappa shape index (κ2) is 10.1. The Bertz CT molecular complexity index is 1430. The Balaban J connectivity index is 1.60. The monoisotopic (exact) mass is 496 g/mol. The van der Waals surface area contributed by atoms with Gasteiger partial charge in [-0.1, -0.05) is 36.4 Å². The fourth-order valence-corrected chi connectivity index (χ4v) is 4.83. The summed E-state index contributed by atoms with van der Waals surface area (Å²) in [4.78, 5) is 33.9. The third kappa shape index (κ3) is 5.09. The zero-order valence-electron chi connectivity index (χ0n) is 21.5. The number of carbonyl (C=O) groups is 2. The van der Waals surface area contributed by atoms with E-state index < -0.39 is 11.6 Å². The summed E-state index contributed by atoms with van der Waals surface area (Å²) >= 11 is 0. The maximum absolute atomic E-state index is 14.1. The summed E-state index contributed by atoms with van der Waals surface area (Å²) in [6.45, 7) is 5.93. The third-order valence-corrected chi connectivity index (χ3v) is 7.19. The van der Waals surface area contributed by atoms with Crippen molar-refractivity contribution in [2.75, 3.05) is 4.90 Å². The van der Waals surface area contributed by atoms with Crippen LogP contribution < -0.4 is 10.2 Å². The number of nitrogens with one attached hydrogen (secondary N) is 1. The molecule has 2 aromatic heterocycles. The molecule has 0 fully saturated rings. The van der Waals surface area contributed by atoms with Crippen molar-refractivity contribution in [1.29, 1.82) is 0 Å². The van der Waals surface area contributed by atoms with Crippen LogP contribution in [0.15, 0.2) is 67.0 Å². The second-order valence-electron chi connectivity index (χ2n) is 10.2. The molecule has 2 heterocycles. The highest BCUT2D eigenvalue weighted by molar-refractivity contribution is 6.01. The van der Waals surface area contributed by atoms with E-state index in [0.717, 1.165) is 31.2 Å². The molecule has 0 radical (unpaired) electrons. The Morgan fingerprint density at radius 3 is 2.68 bits per heavy atom. The topological polar surface area (TPSA) is 93.0 Å². The molecular weight excluding hydrogens is 464 g/mol. The van der Waals surface area contributed by atoms with Crippen molar-refractivity contribution in [3.63, 3.8) is 0 Å². The summed E-state index contributed by atoms with van der Waals surface area (Å²) in [7, 11) is 0. The van der Waals surface area contributed by atoms with Crippen LogP contribution in [0, 0.1) is 0 Å². The van der Waals surface area contributed by atoms with Crippen LogP contribution in [-0.2, 0) is 29.0 Å². The van der Waals surface area contributed by atoms with E-state index in [9.17, 15) is 9.59 Å². The molecule has 1 unspecified atom stereocenters. The lowest BCUT2D eigenvalue weighted by atomic mass is 9.98. The fourth-order valence-electron chi connectivity index (χ4n) is 4.83. The van der Waals surface area contributed by atoms with Crippen molar-refractivity contribution in [2.45, 2.75) is 64.6 Å². The molecule has 1 N–H and O–H groups in total. The molecule has 8 heteroatoms. The Kier molecular flexibility index (Phi) is 6.74. The normalized spacial score (nSPS) is 13.8. The van der Waals surface area contributed by atoms with E-state index in [2.05, 4.69) is 32.7 Å². The van der Waals surface area contributed by atoms with Gasteiger partial charge in [0.05, 0.1) is 5.52 Å². The van der Waals surface area contributed by atoms with Gasteiger partial charge in [-0.05, 0) is 81.0 Å². The average Bonchev–Trinajstić information content (AvgIpc) is 3.54. The maximum atomic E-state index is 14.1. The Labute approximate surface area is 216 Å². The van der Waals surface area contributed by atoms with E-state index in [-0.39, 0.29) is 18.4 Å². The number of aryl methyl sites for hydroxylation is 2. The molecule has 2 aromatic carbocycles. The van der Waals surface area contributed by atoms with Crippen LogP contribution in [0.25, 0.3) is 11.0 Å². The summed E-state index contributed by atoms with van der Waals surface area (Å²) in [6.07, 6.45) is 7.15. The second-order valence-corrected chi connectivity index (χ2v) is 10.2. The van der Waals surface area contributed by atoms with Crippen molar-refractivity contribution in [3.05, 3.63) is 83.7 Å². The van der Waals surface area contributed by atoms with Gasteiger partial charge in [0.25, 0.3) is 0 Å². The zero-order valence-corrected chi connectivity index (χ0v) is 21.5. The van der Waals surface area contributed by atoms with E-state index in [1.807, 2.05) is 57.2 Å². The van der Waals surface area contributed by atoms with Gasteiger partial charge in [-0.3, -0.25) is 19.5 Å². The van der Waals surface area contributed by atoms with Crippen LogP contribution in [0.3, 0.4) is 0 Å². The molecule has 5 rings (SSSR count). The molecule has 0 saturated heterocycles. The maximum Gasteiger partial charge on any atom is 0.249 e. The average molecular weight is 497 g/mol. The predicted molar refractivity (Wildman–Crippen MR) is 143 cm³/mol. The molecule has 0 aliphatic heterocycles. The van der Waals surface area contributed by atoms with E-state index in [4.69, 9.17) is 0 Å².